The van der Waals surface area contributed by atoms with Gasteiger partial charge in [0.05, 0.1) is 6.61 Å². The summed E-state index contributed by atoms with van der Waals surface area (Å²) >= 11 is 1.76. The SMILES string of the molecule is Cc1ccsc1[C@@H](C)NC[C@@]1(O)CCOC1. The van der Waals surface area contributed by atoms with Crippen LogP contribution in [-0.2, 0) is 4.74 Å². The fourth-order valence-electron chi connectivity index (χ4n) is 2.00. The van der Waals surface area contributed by atoms with Crippen molar-refractivity contribution in [3.8, 4) is 0 Å². The van der Waals surface area contributed by atoms with Crippen LogP contribution in [0.25, 0.3) is 0 Å². The molecule has 2 atom stereocenters. The minimum atomic E-state index is -0.667. The highest BCUT2D eigenvalue weighted by Gasteiger charge is 2.32. The highest BCUT2D eigenvalue weighted by Crippen LogP contribution is 2.24. The van der Waals surface area contributed by atoms with Gasteiger partial charge >= 0.3 is 0 Å². The lowest BCUT2D eigenvalue weighted by Gasteiger charge is -2.23. The van der Waals surface area contributed by atoms with Gasteiger partial charge < -0.3 is 15.2 Å². The molecular formula is C12H19NO2S. The van der Waals surface area contributed by atoms with Crippen LogP contribution in [0, 0.1) is 6.92 Å². The van der Waals surface area contributed by atoms with Gasteiger partial charge in [-0.1, -0.05) is 0 Å². The number of thiophene rings is 1. The number of aryl methyl sites for hydroxylation is 1. The van der Waals surface area contributed by atoms with E-state index in [1.54, 1.807) is 11.3 Å². The van der Waals surface area contributed by atoms with Crippen molar-refractivity contribution in [1.82, 2.24) is 5.32 Å². The number of hydrogen-bond donors (Lipinski definition) is 2. The molecule has 0 aliphatic carbocycles. The monoisotopic (exact) mass is 241 g/mol. The summed E-state index contributed by atoms with van der Waals surface area (Å²) in [6, 6.07) is 2.43. The normalized spacial score (nSPS) is 27.2. The first kappa shape index (κ1) is 12.0. The molecule has 0 amide bonds. The van der Waals surface area contributed by atoms with E-state index in [4.69, 9.17) is 4.74 Å². The predicted octanol–water partition coefficient (Wildman–Crippen LogP) is 1.86. The largest absolute Gasteiger partial charge is 0.386 e. The molecule has 0 saturated carbocycles. The van der Waals surface area contributed by atoms with E-state index in [2.05, 4.69) is 30.6 Å². The zero-order chi connectivity index (χ0) is 11.6. The number of aliphatic hydroxyl groups is 1. The molecule has 1 saturated heterocycles. The molecule has 2 heterocycles. The smallest absolute Gasteiger partial charge is 0.103 e. The summed E-state index contributed by atoms with van der Waals surface area (Å²) in [6.45, 7) is 5.99. The average molecular weight is 241 g/mol. The summed E-state index contributed by atoms with van der Waals surface area (Å²) < 4.78 is 5.22. The van der Waals surface area contributed by atoms with E-state index >= 15 is 0 Å². The summed E-state index contributed by atoms with van der Waals surface area (Å²) in [6.07, 6.45) is 0.732. The molecule has 1 aromatic heterocycles. The second-order valence-corrected chi connectivity index (χ2v) is 5.55. The zero-order valence-corrected chi connectivity index (χ0v) is 10.6. The van der Waals surface area contributed by atoms with Gasteiger partial charge in [-0.3, -0.25) is 0 Å². The van der Waals surface area contributed by atoms with E-state index in [-0.39, 0.29) is 0 Å². The van der Waals surface area contributed by atoms with Gasteiger partial charge in [-0.15, -0.1) is 11.3 Å². The molecule has 3 nitrogen and oxygen atoms in total. The Morgan fingerprint density at radius 1 is 1.69 bits per heavy atom. The van der Waals surface area contributed by atoms with Gasteiger partial charge in [-0.25, -0.2) is 0 Å². The van der Waals surface area contributed by atoms with Crippen LogP contribution in [0.4, 0.5) is 0 Å². The maximum absolute atomic E-state index is 10.1. The van der Waals surface area contributed by atoms with Gasteiger partial charge in [0.15, 0.2) is 0 Å². The molecule has 2 rings (SSSR count). The molecular weight excluding hydrogens is 222 g/mol. The molecule has 1 fully saturated rings. The molecule has 90 valence electrons. The van der Waals surface area contributed by atoms with Crippen molar-refractivity contribution in [1.29, 1.82) is 0 Å². The van der Waals surface area contributed by atoms with Crippen LogP contribution in [0.3, 0.4) is 0 Å². The van der Waals surface area contributed by atoms with Crippen molar-refractivity contribution >= 4 is 11.3 Å². The molecule has 0 spiro atoms. The third kappa shape index (κ3) is 2.63. The third-order valence-corrected chi connectivity index (χ3v) is 4.32. The van der Waals surface area contributed by atoms with E-state index in [1.807, 2.05) is 0 Å². The minimum Gasteiger partial charge on any atom is -0.386 e. The van der Waals surface area contributed by atoms with Crippen LogP contribution in [0.15, 0.2) is 11.4 Å². The van der Waals surface area contributed by atoms with Gasteiger partial charge in [-0.05, 0) is 30.9 Å². The van der Waals surface area contributed by atoms with Gasteiger partial charge in [0, 0.05) is 30.5 Å². The second kappa shape index (κ2) is 4.84. The highest BCUT2D eigenvalue weighted by atomic mass is 32.1. The van der Waals surface area contributed by atoms with Crippen molar-refractivity contribution in [2.45, 2.75) is 31.9 Å². The topological polar surface area (TPSA) is 41.5 Å². The first-order chi connectivity index (χ1) is 7.61. The van der Waals surface area contributed by atoms with Crippen LogP contribution in [0.2, 0.25) is 0 Å². The molecule has 1 aliphatic heterocycles. The van der Waals surface area contributed by atoms with Crippen LogP contribution in [0.1, 0.15) is 29.8 Å². The lowest BCUT2D eigenvalue weighted by molar-refractivity contribution is 0.0252. The maximum atomic E-state index is 10.1. The molecule has 2 N–H and O–H groups in total. The Morgan fingerprint density at radius 3 is 3.06 bits per heavy atom. The first-order valence-corrected chi connectivity index (χ1v) is 6.56. The third-order valence-electron chi connectivity index (χ3n) is 3.11. The fraction of sp³-hybridized carbons (Fsp3) is 0.667. The van der Waals surface area contributed by atoms with Crippen molar-refractivity contribution in [2.24, 2.45) is 0 Å². The minimum absolute atomic E-state index is 0.296. The lowest BCUT2D eigenvalue weighted by Crippen LogP contribution is -2.41. The van der Waals surface area contributed by atoms with E-state index < -0.39 is 5.60 Å². The van der Waals surface area contributed by atoms with E-state index in [9.17, 15) is 5.11 Å². The Morgan fingerprint density at radius 2 is 2.50 bits per heavy atom. The standard InChI is InChI=1S/C12H19NO2S/c1-9-3-6-16-11(9)10(2)13-7-12(14)4-5-15-8-12/h3,6,10,13-14H,4-5,7-8H2,1-2H3/t10-,12+/m1/s1. The van der Waals surface area contributed by atoms with Crippen LogP contribution >= 0.6 is 11.3 Å². The zero-order valence-electron chi connectivity index (χ0n) is 9.82. The molecule has 1 aliphatic rings. The van der Waals surface area contributed by atoms with Crippen LogP contribution in [0.5, 0.6) is 0 Å². The predicted molar refractivity (Wildman–Crippen MR) is 65.9 cm³/mol. The average Bonchev–Trinajstić information content (AvgIpc) is 2.85. The van der Waals surface area contributed by atoms with Gasteiger partial charge in [-0.2, -0.15) is 0 Å². The quantitative estimate of drug-likeness (QED) is 0.845. The van der Waals surface area contributed by atoms with Crippen molar-refractivity contribution in [3.05, 3.63) is 21.9 Å². The maximum Gasteiger partial charge on any atom is 0.103 e. The summed E-state index contributed by atoms with van der Waals surface area (Å²) in [4.78, 5) is 1.35. The van der Waals surface area contributed by atoms with Crippen molar-refractivity contribution in [2.75, 3.05) is 19.8 Å². The molecule has 4 heteroatoms. The van der Waals surface area contributed by atoms with Crippen molar-refractivity contribution < 1.29 is 9.84 Å². The van der Waals surface area contributed by atoms with Gasteiger partial charge in [0.25, 0.3) is 0 Å². The van der Waals surface area contributed by atoms with E-state index in [1.165, 1.54) is 10.4 Å². The fourth-order valence-corrected chi connectivity index (χ4v) is 2.96. The Hall–Kier alpha value is -0.420. The summed E-state index contributed by atoms with van der Waals surface area (Å²) in [5, 5.41) is 15.6. The highest BCUT2D eigenvalue weighted by molar-refractivity contribution is 7.10. The van der Waals surface area contributed by atoms with Crippen LogP contribution in [-0.4, -0.2) is 30.5 Å². The second-order valence-electron chi connectivity index (χ2n) is 4.60. The molecule has 0 bridgehead atoms. The summed E-state index contributed by atoms with van der Waals surface area (Å²) in [5.74, 6) is 0. The molecule has 16 heavy (non-hydrogen) atoms. The first-order valence-electron chi connectivity index (χ1n) is 5.68. The number of ether oxygens (including phenoxy) is 1. The summed E-state index contributed by atoms with van der Waals surface area (Å²) in [7, 11) is 0. The van der Waals surface area contributed by atoms with Gasteiger partial charge in [0.2, 0.25) is 0 Å². The lowest BCUT2D eigenvalue weighted by atomic mass is 10.0. The molecule has 0 radical (unpaired) electrons. The molecule has 0 aromatic carbocycles. The number of nitrogens with one attached hydrogen (secondary N) is 1. The van der Waals surface area contributed by atoms with E-state index in [0.29, 0.717) is 25.8 Å². The Kier molecular flexibility index (Phi) is 3.64. The van der Waals surface area contributed by atoms with Gasteiger partial charge in [0.1, 0.15) is 5.60 Å². The number of rotatable bonds is 4. The summed E-state index contributed by atoms with van der Waals surface area (Å²) in [5.41, 5.74) is 0.652. The molecule has 0 unspecified atom stereocenters. The van der Waals surface area contributed by atoms with Crippen molar-refractivity contribution in [3.63, 3.8) is 0 Å². The molecule has 1 aromatic rings. The van der Waals surface area contributed by atoms with E-state index in [0.717, 1.165) is 6.42 Å². The number of hydrogen-bond acceptors (Lipinski definition) is 4. The Balaban J connectivity index is 1.88. The van der Waals surface area contributed by atoms with Crippen LogP contribution < -0.4 is 5.32 Å². The Labute approximate surface area is 100 Å². The Bertz CT molecular complexity index is 345.